The summed E-state index contributed by atoms with van der Waals surface area (Å²) in [6.07, 6.45) is 4.88. The summed E-state index contributed by atoms with van der Waals surface area (Å²) in [5, 5.41) is 12.4. The molecule has 0 atom stereocenters. The molecule has 120 valence electrons. The molecule has 1 heterocycles. The SMILES string of the molecule is CC1CCC(NC(=O)N2CCCC(C)(C)C2)(C(=O)O)CC1. The number of nitrogens with zero attached hydrogens (tertiary/aromatic N) is 1. The summed E-state index contributed by atoms with van der Waals surface area (Å²) in [6, 6.07) is -0.209. The minimum atomic E-state index is -1.06. The maximum Gasteiger partial charge on any atom is 0.329 e. The summed E-state index contributed by atoms with van der Waals surface area (Å²) in [4.78, 5) is 26.0. The van der Waals surface area contributed by atoms with Crippen LogP contribution in [0.1, 0.15) is 59.3 Å². The number of urea groups is 1. The Bertz CT molecular complexity index is 412. The maximum atomic E-state index is 12.5. The molecule has 0 bridgehead atoms. The van der Waals surface area contributed by atoms with Gasteiger partial charge in [-0.1, -0.05) is 20.8 Å². The van der Waals surface area contributed by atoms with E-state index in [0.717, 1.165) is 32.2 Å². The zero-order chi connectivity index (χ0) is 15.7. The molecule has 1 aliphatic heterocycles. The summed E-state index contributed by atoms with van der Waals surface area (Å²) in [6.45, 7) is 7.87. The van der Waals surface area contributed by atoms with E-state index in [1.807, 2.05) is 0 Å². The average Bonchev–Trinajstić information content (AvgIpc) is 2.40. The molecule has 2 fully saturated rings. The highest BCUT2D eigenvalue weighted by Crippen LogP contribution is 2.33. The van der Waals surface area contributed by atoms with Crippen molar-refractivity contribution in [2.75, 3.05) is 13.1 Å². The topological polar surface area (TPSA) is 69.6 Å². The van der Waals surface area contributed by atoms with E-state index in [2.05, 4.69) is 26.1 Å². The third-order valence-electron chi connectivity index (χ3n) is 5.07. The largest absolute Gasteiger partial charge is 0.480 e. The van der Waals surface area contributed by atoms with Gasteiger partial charge in [0.05, 0.1) is 0 Å². The normalized spacial score (nSPS) is 32.5. The second-order valence-corrected chi connectivity index (χ2v) is 7.69. The van der Waals surface area contributed by atoms with E-state index in [1.165, 1.54) is 0 Å². The molecule has 0 aromatic carbocycles. The molecule has 1 aliphatic carbocycles. The van der Waals surface area contributed by atoms with E-state index in [-0.39, 0.29) is 11.4 Å². The smallest absolute Gasteiger partial charge is 0.329 e. The Balaban J connectivity index is 2.03. The van der Waals surface area contributed by atoms with Crippen molar-refractivity contribution in [2.45, 2.75) is 64.8 Å². The van der Waals surface area contributed by atoms with E-state index in [4.69, 9.17) is 0 Å². The molecule has 0 radical (unpaired) electrons. The number of aliphatic carboxylic acids is 1. The van der Waals surface area contributed by atoms with E-state index < -0.39 is 11.5 Å². The summed E-state index contributed by atoms with van der Waals surface area (Å²) in [5.41, 5.74) is -0.946. The van der Waals surface area contributed by atoms with Gasteiger partial charge in [-0.05, 0) is 49.9 Å². The van der Waals surface area contributed by atoms with Gasteiger partial charge in [0.2, 0.25) is 0 Å². The van der Waals surface area contributed by atoms with Crippen molar-refractivity contribution >= 4 is 12.0 Å². The lowest BCUT2D eigenvalue weighted by molar-refractivity contribution is -0.146. The zero-order valence-corrected chi connectivity index (χ0v) is 13.4. The number of carboxylic acids is 1. The van der Waals surface area contributed by atoms with Gasteiger partial charge >= 0.3 is 12.0 Å². The van der Waals surface area contributed by atoms with Crippen LogP contribution in [0.3, 0.4) is 0 Å². The van der Waals surface area contributed by atoms with Gasteiger partial charge < -0.3 is 15.3 Å². The third kappa shape index (κ3) is 3.69. The van der Waals surface area contributed by atoms with Crippen LogP contribution in [-0.4, -0.2) is 40.6 Å². The number of carboxylic acid groups (broad SMARTS) is 1. The molecular weight excluding hydrogens is 268 g/mol. The minimum Gasteiger partial charge on any atom is -0.480 e. The van der Waals surface area contributed by atoms with Gasteiger partial charge in [0.15, 0.2) is 0 Å². The number of nitrogens with one attached hydrogen (secondary N) is 1. The van der Waals surface area contributed by atoms with Crippen LogP contribution in [0.5, 0.6) is 0 Å². The van der Waals surface area contributed by atoms with E-state index in [0.29, 0.717) is 25.3 Å². The molecule has 2 aliphatic rings. The summed E-state index contributed by atoms with van der Waals surface area (Å²) in [5.74, 6) is -0.345. The van der Waals surface area contributed by atoms with Crippen LogP contribution in [0.15, 0.2) is 0 Å². The van der Waals surface area contributed by atoms with E-state index >= 15 is 0 Å². The summed E-state index contributed by atoms with van der Waals surface area (Å²) >= 11 is 0. The highest BCUT2D eigenvalue weighted by molar-refractivity contribution is 5.86. The van der Waals surface area contributed by atoms with Crippen molar-refractivity contribution in [3.05, 3.63) is 0 Å². The fourth-order valence-corrected chi connectivity index (χ4v) is 3.53. The van der Waals surface area contributed by atoms with E-state index in [1.54, 1.807) is 4.90 Å². The lowest BCUT2D eigenvalue weighted by atomic mass is 9.77. The van der Waals surface area contributed by atoms with Crippen LogP contribution in [0, 0.1) is 11.3 Å². The summed E-state index contributed by atoms with van der Waals surface area (Å²) < 4.78 is 0. The van der Waals surface area contributed by atoms with Crippen LogP contribution in [0.4, 0.5) is 4.79 Å². The second kappa shape index (κ2) is 5.85. The number of amides is 2. The molecule has 1 saturated heterocycles. The van der Waals surface area contributed by atoms with Gasteiger partial charge in [0.25, 0.3) is 0 Å². The molecule has 0 aromatic heterocycles. The fraction of sp³-hybridized carbons (Fsp3) is 0.875. The zero-order valence-electron chi connectivity index (χ0n) is 13.4. The van der Waals surface area contributed by atoms with Gasteiger partial charge in [0.1, 0.15) is 5.54 Å². The van der Waals surface area contributed by atoms with Crippen LogP contribution < -0.4 is 5.32 Å². The quantitative estimate of drug-likeness (QED) is 0.823. The standard InChI is InChI=1S/C16H28N2O3/c1-12-5-8-16(9-6-12,13(19)20)17-14(21)18-10-4-7-15(2,3)11-18/h12H,4-11H2,1-3H3,(H,17,21)(H,19,20). The number of carbonyl (C=O) groups is 2. The first-order chi connectivity index (χ1) is 9.74. The van der Waals surface area contributed by atoms with Crippen molar-refractivity contribution in [3.63, 3.8) is 0 Å². The monoisotopic (exact) mass is 296 g/mol. The molecule has 5 heteroatoms. The number of rotatable bonds is 2. The lowest BCUT2D eigenvalue weighted by Crippen LogP contribution is -2.60. The molecule has 0 unspecified atom stereocenters. The molecule has 2 rings (SSSR count). The van der Waals surface area contributed by atoms with Gasteiger partial charge in [-0.15, -0.1) is 0 Å². The average molecular weight is 296 g/mol. The molecule has 21 heavy (non-hydrogen) atoms. The Morgan fingerprint density at radius 3 is 2.33 bits per heavy atom. The van der Waals surface area contributed by atoms with Crippen molar-refractivity contribution in [1.29, 1.82) is 0 Å². The van der Waals surface area contributed by atoms with Crippen molar-refractivity contribution < 1.29 is 14.7 Å². The highest BCUT2D eigenvalue weighted by Gasteiger charge is 2.43. The van der Waals surface area contributed by atoms with E-state index in [9.17, 15) is 14.7 Å². The van der Waals surface area contributed by atoms with Gasteiger partial charge in [-0.25, -0.2) is 9.59 Å². The number of piperidine rings is 1. The number of likely N-dealkylation sites (tertiary alicyclic amines) is 1. The molecular formula is C16H28N2O3. The summed E-state index contributed by atoms with van der Waals surface area (Å²) in [7, 11) is 0. The third-order valence-corrected chi connectivity index (χ3v) is 5.07. The maximum absolute atomic E-state index is 12.5. The van der Waals surface area contributed by atoms with Crippen LogP contribution >= 0.6 is 0 Å². The first kappa shape index (κ1) is 16.1. The molecule has 1 saturated carbocycles. The second-order valence-electron chi connectivity index (χ2n) is 7.69. The molecule has 2 N–H and O–H groups in total. The van der Waals surface area contributed by atoms with Crippen LogP contribution in [-0.2, 0) is 4.79 Å². The molecule has 0 spiro atoms. The molecule has 5 nitrogen and oxygen atoms in total. The fourth-order valence-electron chi connectivity index (χ4n) is 3.53. The lowest BCUT2D eigenvalue weighted by Gasteiger charge is -2.41. The highest BCUT2D eigenvalue weighted by atomic mass is 16.4. The molecule has 0 aromatic rings. The van der Waals surface area contributed by atoms with Gasteiger partial charge in [-0.2, -0.15) is 0 Å². The number of carbonyl (C=O) groups excluding carboxylic acids is 1. The Hall–Kier alpha value is -1.26. The van der Waals surface area contributed by atoms with Crippen molar-refractivity contribution in [1.82, 2.24) is 10.2 Å². The Morgan fingerprint density at radius 2 is 1.81 bits per heavy atom. The van der Waals surface area contributed by atoms with Gasteiger partial charge in [-0.3, -0.25) is 0 Å². The predicted octanol–water partition coefficient (Wildman–Crippen LogP) is 2.85. The predicted molar refractivity (Wildman–Crippen MR) is 81.1 cm³/mol. The molecule has 2 amide bonds. The first-order valence-corrected chi connectivity index (χ1v) is 8.05. The number of hydrogen-bond acceptors (Lipinski definition) is 2. The first-order valence-electron chi connectivity index (χ1n) is 8.05. The van der Waals surface area contributed by atoms with Crippen molar-refractivity contribution in [2.24, 2.45) is 11.3 Å². The van der Waals surface area contributed by atoms with Gasteiger partial charge in [0, 0.05) is 13.1 Å². The Kier molecular flexibility index (Phi) is 4.49. The Morgan fingerprint density at radius 1 is 1.19 bits per heavy atom. The number of hydrogen-bond donors (Lipinski definition) is 2. The Labute approximate surface area is 127 Å². The minimum absolute atomic E-state index is 0.118. The van der Waals surface area contributed by atoms with Crippen LogP contribution in [0.25, 0.3) is 0 Å². The van der Waals surface area contributed by atoms with Crippen molar-refractivity contribution in [3.8, 4) is 0 Å². The van der Waals surface area contributed by atoms with Crippen LogP contribution in [0.2, 0.25) is 0 Å².